The molecule has 0 atom stereocenters. The van der Waals surface area contributed by atoms with E-state index in [1.54, 1.807) is 0 Å². The number of rotatable bonds is 6. The Morgan fingerprint density at radius 3 is 1.86 bits per heavy atom. The minimum atomic E-state index is -0.0663. The summed E-state index contributed by atoms with van der Waals surface area (Å²) >= 11 is 0. The number of anilines is 2. The summed E-state index contributed by atoms with van der Waals surface area (Å²) < 4.78 is 0. The van der Waals surface area contributed by atoms with Gasteiger partial charge in [0, 0.05) is 23.1 Å². The molecule has 4 heteroatoms. The van der Waals surface area contributed by atoms with Crippen molar-refractivity contribution < 1.29 is 0 Å². The van der Waals surface area contributed by atoms with Gasteiger partial charge in [-0.25, -0.2) is 9.97 Å². The molecule has 0 saturated carbocycles. The molecular weight excluding hydrogens is 260 g/mol. The van der Waals surface area contributed by atoms with E-state index < -0.39 is 0 Å². The van der Waals surface area contributed by atoms with Crippen molar-refractivity contribution in [3.05, 3.63) is 11.4 Å². The summed E-state index contributed by atoms with van der Waals surface area (Å²) in [5.74, 6) is 2.77. The average Bonchev–Trinajstić information content (AvgIpc) is 2.42. The topological polar surface area (TPSA) is 49.8 Å². The van der Waals surface area contributed by atoms with E-state index in [0.29, 0.717) is 0 Å². The summed E-state index contributed by atoms with van der Waals surface area (Å²) in [6, 6.07) is 0. The Morgan fingerprint density at radius 2 is 1.43 bits per heavy atom. The van der Waals surface area contributed by atoms with Crippen molar-refractivity contribution in [2.24, 2.45) is 0 Å². The third-order valence-electron chi connectivity index (χ3n) is 4.14. The maximum atomic E-state index is 4.81. The van der Waals surface area contributed by atoms with Crippen LogP contribution >= 0.6 is 0 Å². The molecule has 0 aromatic carbocycles. The van der Waals surface area contributed by atoms with Gasteiger partial charge in [-0.15, -0.1) is 0 Å². The van der Waals surface area contributed by atoms with Crippen LogP contribution in [0, 0.1) is 6.92 Å². The van der Waals surface area contributed by atoms with Gasteiger partial charge in [-0.1, -0.05) is 34.6 Å². The van der Waals surface area contributed by atoms with Crippen molar-refractivity contribution in [3.63, 3.8) is 0 Å². The van der Waals surface area contributed by atoms with Crippen molar-refractivity contribution in [3.8, 4) is 0 Å². The number of aromatic nitrogens is 2. The highest BCUT2D eigenvalue weighted by atomic mass is 15.1. The van der Waals surface area contributed by atoms with Crippen molar-refractivity contribution in [1.29, 1.82) is 0 Å². The normalized spacial score (nSPS) is 12.4. The standard InChI is InChI=1S/C17H32N4/c1-9-17(8,10-2)21-14-12(4)13(18-11-3)19-15(20-14)16(5,6)7/h9-11H2,1-8H3,(H2,18,19,20,21). The first-order valence-corrected chi connectivity index (χ1v) is 8.08. The minimum Gasteiger partial charge on any atom is -0.370 e. The third-order valence-corrected chi connectivity index (χ3v) is 4.14. The molecule has 0 radical (unpaired) electrons. The lowest BCUT2D eigenvalue weighted by Crippen LogP contribution is -2.34. The van der Waals surface area contributed by atoms with Gasteiger partial charge in [0.1, 0.15) is 17.5 Å². The van der Waals surface area contributed by atoms with Crippen molar-refractivity contribution in [2.45, 2.75) is 79.2 Å². The summed E-state index contributed by atoms with van der Waals surface area (Å²) in [5.41, 5.74) is 1.10. The Kier molecular flexibility index (Phi) is 5.60. The maximum absolute atomic E-state index is 4.81. The van der Waals surface area contributed by atoms with Crippen LogP contribution in [0.1, 0.15) is 72.7 Å². The first-order chi connectivity index (χ1) is 9.66. The maximum Gasteiger partial charge on any atom is 0.138 e. The smallest absolute Gasteiger partial charge is 0.138 e. The highest BCUT2D eigenvalue weighted by molar-refractivity contribution is 5.58. The van der Waals surface area contributed by atoms with Crippen molar-refractivity contribution in [1.82, 2.24) is 9.97 Å². The zero-order valence-corrected chi connectivity index (χ0v) is 15.0. The Labute approximate surface area is 130 Å². The second-order valence-corrected chi connectivity index (χ2v) is 7.04. The molecule has 1 aromatic heterocycles. The third kappa shape index (κ3) is 4.32. The van der Waals surface area contributed by atoms with Crippen LogP contribution in [0.25, 0.3) is 0 Å². The van der Waals surface area contributed by atoms with Crippen molar-refractivity contribution >= 4 is 11.6 Å². The summed E-state index contributed by atoms with van der Waals surface area (Å²) in [5, 5.41) is 7.00. The Morgan fingerprint density at radius 1 is 0.905 bits per heavy atom. The molecule has 1 rings (SSSR count). The molecule has 0 fully saturated rings. The molecule has 2 N–H and O–H groups in total. The lowest BCUT2D eigenvalue weighted by molar-refractivity contribution is 0.474. The molecule has 0 saturated heterocycles. The molecule has 4 nitrogen and oxygen atoms in total. The zero-order valence-electron chi connectivity index (χ0n) is 15.0. The first kappa shape index (κ1) is 17.7. The van der Waals surface area contributed by atoms with Crippen LogP contribution in [-0.4, -0.2) is 22.1 Å². The van der Waals surface area contributed by atoms with E-state index in [0.717, 1.165) is 42.4 Å². The van der Waals surface area contributed by atoms with E-state index >= 15 is 0 Å². The quantitative estimate of drug-likeness (QED) is 0.810. The summed E-state index contributed by atoms with van der Waals surface area (Å²) in [4.78, 5) is 9.52. The number of hydrogen-bond acceptors (Lipinski definition) is 4. The number of nitrogens with zero attached hydrogens (tertiary/aromatic N) is 2. The Hall–Kier alpha value is -1.32. The van der Waals surface area contributed by atoms with Crippen LogP contribution in [0.3, 0.4) is 0 Å². The Bertz CT molecular complexity index is 470. The van der Waals surface area contributed by atoms with E-state index in [1.807, 2.05) is 0 Å². The fourth-order valence-electron chi connectivity index (χ4n) is 2.03. The second kappa shape index (κ2) is 6.63. The minimum absolute atomic E-state index is 0.0663. The highest BCUT2D eigenvalue weighted by Gasteiger charge is 2.25. The Balaban J connectivity index is 3.32. The van der Waals surface area contributed by atoms with E-state index in [1.165, 1.54) is 0 Å². The predicted octanol–water partition coefficient (Wildman–Crippen LogP) is 4.50. The molecule has 0 bridgehead atoms. The van der Waals surface area contributed by atoms with Gasteiger partial charge >= 0.3 is 0 Å². The largest absolute Gasteiger partial charge is 0.370 e. The van der Waals surface area contributed by atoms with E-state index in [4.69, 9.17) is 9.97 Å². The second-order valence-electron chi connectivity index (χ2n) is 7.04. The zero-order chi connectivity index (χ0) is 16.3. The van der Waals surface area contributed by atoms with Gasteiger partial charge in [0.25, 0.3) is 0 Å². The van der Waals surface area contributed by atoms with Gasteiger partial charge < -0.3 is 10.6 Å². The lowest BCUT2D eigenvalue weighted by atomic mass is 9.94. The monoisotopic (exact) mass is 292 g/mol. The SMILES string of the molecule is CCNc1nc(C(C)(C)C)nc(NC(C)(CC)CC)c1C. The predicted molar refractivity (Wildman–Crippen MR) is 92.2 cm³/mol. The molecule has 120 valence electrons. The van der Waals surface area contributed by atoms with Crippen LogP contribution in [0.2, 0.25) is 0 Å². The molecule has 1 aromatic rings. The lowest BCUT2D eigenvalue weighted by Gasteiger charge is -2.31. The molecule has 0 spiro atoms. The van der Waals surface area contributed by atoms with Crippen LogP contribution in [0.15, 0.2) is 0 Å². The summed E-state index contributed by atoms with van der Waals surface area (Å²) in [6.07, 6.45) is 2.13. The van der Waals surface area contributed by atoms with Gasteiger partial charge in [-0.05, 0) is 33.6 Å². The molecule has 21 heavy (non-hydrogen) atoms. The first-order valence-electron chi connectivity index (χ1n) is 8.08. The summed E-state index contributed by atoms with van der Waals surface area (Å²) in [7, 11) is 0. The fraction of sp³-hybridized carbons (Fsp3) is 0.765. The van der Waals surface area contributed by atoms with E-state index in [9.17, 15) is 0 Å². The molecule has 0 aliphatic rings. The average molecular weight is 292 g/mol. The molecule has 0 aliphatic heterocycles. The van der Waals surface area contributed by atoms with Crippen LogP contribution in [0.4, 0.5) is 11.6 Å². The molecule has 0 aliphatic carbocycles. The van der Waals surface area contributed by atoms with Gasteiger partial charge in [0.05, 0.1) is 0 Å². The van der Waals surface area contributed by atoms with E-state index in [-0.39, 0.29) is 11.0 Å². The number of hydrogen-bond donors (Lipinski definition) is 2. The van der Waals surface area contributed by atoms with Crippen molar-refractivity contribution in [2.75, 3.05) is 17.2 Å². The van der Waals surface area contributed by atoms with Crippen LogP contribution < -0.4 is 10.6 Å². The summed E-state index contributed by atoms with van der Waals surface area (Å²) in [6.45, 7) is 18.2. The van der Waals surface area contributed by atoms with Crippen LogP contribution in [0.5, 0.6) is 0 Å². The van der Waals surface area contributed by atoms with Gasteiger partial charge in [0.2, 0.25) is 0 Å². The van der Waals surface area contributed by atoms with E-state index in [2.05, 4.69) is 66.0 Å². The van der Waals surface area contributed by atoms with Gasteiger partial charge in [0.15, 0.2) is 0 Å². The highest BCUT2D eigenvalue weighted by Crippen LogP contribution is 2.29. The van der Waals surface area contributed by atoms with Gasteiger partial charge in [-0.3, -0.25) is 0 Å². The molecule has 0 unspecified atom stereocenters. The number of nitrogens with one attached hydrogen (secondary N) is 2. The van der Waals surface area contributed by atoms with Crippen LogP contribution in [-0.2, 0) is 5.41 Å². The molecule has 0 amide bonds. The fourth-order valence-corrected chi connectivity index (χ4v) is 2.03. The molecular formula is C17H32N4. The van der Waals surface area contributed by atoms with Gasteiger partial charge in [-0.2, -0.15) is 0 Å². The molecule has 1 heterocycles.